The number of H-pyrrole nitrogens is 1. The molecule has 1 unspecified atom stereocenters. The van der Waals surface area contributed by atoms with Crippen molar-refractivity contribution in [3.05, 3.63) is 53.5 Å². The quantitative estimate of drug-likeness (QED) is 0.491. The molecule has 2 N–H and O–H groups in total. The first kappa shape index (κ1) is 18.4. The van der Waals surface area contributed by atoms with Crippen LogP contribution < -0.4 is 5.32 Å². The lowest BCUT2D eigenvalue weighted by Crippen LogP contribution is -2.32. The largest absolute Gasteiger partial charge is 0.346 e. The summed E-state index contributed by atoms with van der Waals surface area (Å²) in [6.07, 6.45) is 0.671. The van der Waals surface area contributed by atoms with E-state index in [0.717, 1.165) is 21.7 Å². The summed E-state index contributed by atoms with van der Waals surface area (Å²) in [5.41, 5.74) is 1.86. The molecule has 8 heteroatoms. The molecule has 0 fully saturated rings. The number of carbonyl (C=O) groups is 1. The van der Waals surface area contributed by atoms with Crippen LogP contribution in [-0.2, 0) is 11.2 Å². The number of nitrogens with zero attached hydrogens (tertiary/aromatic N) is 3. The SMILES string of the molecule is CC(C)C(NC(=O)CCc1nc(-c2cccs2)no1)c1nc2ccccc2[nH]1. The van der Waals surface area contributed by atoms with Gasteiger partial charge in [0.15, 0.2) is 0 Å². The molecular formula is C20H21N5O2S. The van der Waals surface area contributed by atoms with Crippen molar-refractivity contribution >= 4 is 28.3 Å². The average Bonchev–Trinajstić information content (AvgIpc) is 3.43. The van der Waals surface area contributed by atoms with E-state index in [0.29, 0.717) is 18.1 Å². The standard InChI is InChI=1S/C20H21N5O2S/c1-12(2)18(20-21-13-6-3-4-7-14(13)22-20)23-16(26)9-10-17-24-19(25-27-17)15-8-5-11-28-15/h3-8,11-12,18H,9-10H2,1-2H3,(H,21,22)(H,23,26). The molecule has 1 aromatic carbocycles. The van der Waals surface area contributed by atoms with Gasteiger partial charge in [-0.15, -0.1) is 11.3 Å². The van der Waals surface area contributed by atoms with Gasteiger partial charge >= 0.3 is 0 Å². The first-order chi connectivity index (χ1) is 13.6. The van der Waals surface area contributed by atoms with Gasteiger partial charge in [0, 0.05) is 12.8 Å². The van der Waals surface area contributed by atoms with Crippen molar-refractivity contribution in [3.8, 4) is 10.7 Å². The van der Waals surface area contributed by atoms with E-state index < -0.39 is 0 Å². The Morgan fingerprint density at radius 1 is 1.21 bits per heavy atom. The van der Waals surface area contributed by atoms with Crippen LogP contribution in [0.2, 0.25) is 0 Å². The van der Waals surface area contributed by atoms with E-state index in [4.69, 9.17) is 4.52 Å². The minimum atomic E-state index is -0.190. The predicted octanol–water partition coefficient (Wildman–Crippen LogP) is 4.12. The smallest absolute Gasteiger partial charge is 0.227 e. The maximum atomic E-state index is 12.5. The highest BCUT2D eigenvalue weighted by Gasteiger charge is 2.22. The summed E-state index contributed by atoms with van der Waals surface area (Å²) in [4.78, 5) is 25.8. The van der Waals surface area contributed by atoms with Crippen LogP contribution in [0.15, 0.2) is 46.3 Å². The first-order valence-corrected chi connectivity index (χ1v) is 10.1. The van der Waals surface area contributed by atoms with Crippen LogP contribution in [0.5, 0.6) is 0 Å². The van der Waals surface area contributed by atoms with Gasteiger partial charge < -0.3 is 14.8 Å². The van der Waals surface area contributed by atoms with Crippen LogP contribution in [0.4, 0.5) is 0 Å². The summed E-state index contributed by atoms with van der Waals surface area (Å²) >= 11 is 1.55. The van der Waals surface area contributed by atoms with E-state index in [9.17, 15) is 4.79 Å². The fourth-order valence-corrected chi connectivity index (χ4v) is 3.65. The molecule has 1 atom stereocenters. The second-order valence-electron chi connectivity index (χ2n) is 6.92. The summed E-state index contributed by atoms with van der Waals surface area (Å²) in [7, 11) is 0. The highest BCUT2D eigenvalue weighted by Crippen LogP contribution is 2.23. The number of amides is 1. The number of rotatable bonds is 7. The van der Waals surface area contributed by atoms with Crippen LogP contribution in [0.25, 0.3) is 21.7 Å². The Kier molecular flexibility index (Phi) is 5.21. The van der Waals surface area contributed by atoms with Crippen molar-refractivity contribution in [1.82, 2.24) is 25.4 Å². The lowest BCUT2D eigenvalue weighted by molar-refractivity contribution is -0.122. The number of aromatic nitrogens is 4. The maximum absolute atomic E-state index is 12.5. The van der Waals surface area contributed by atoms with Crippen molar-refractivity contribution in [2.24, 2.45) is 5.92 Å². The molecule has 28 heavy (non-hydrogen) atoms. The summed E-state index contributed by atoms with van der Waals surface area (Å²) in [6, 6.07) is 11.5. The highest BCUT2D eigenvalue weighted by atomic mass is 32.1. The number of fused-ring (bicyclic) bond motifs is 1. The zero-order valence-corrected chi connectivity index (χ0v) is 16.5. The Balaban J connectivity index is 1.40. The van der Waals surface area contributed by atoms with E-state index in [1.807, 2.05) is 41.8 Å². The maximum Gasteiger partial charge on any atom is 0.227 e. The number of hydrogen-bond donors (Lipinski definition) is 2. The Hall–Kier alpha value is -3.00. The third-order valence-corrected chi connectivity index (χ3v) is 5.33. The van der Waals surface area contributed by atoms with Gasteiger partial charge in [0.1, 0.15) is 5.82 Å². The molecule has 0 aliphatic heterocycles. The topological polar surface area (TPSA) is 96.7 Å². The molecular weight excluding hydrogens is 374 g/mol. The van der Waals surface area contributed by atoms with Crippen LogP contribution in [-0.4, -0.2) is 26.0 Å². The minimum Gasteiger partial charge on any atom is -0.346 e. The van der Waals surface area contributed by atoms with Gasteiger partial charge in [-0.25, -0.2) is 4.98 Å². The third-order valence-electron chi connectivity index (χ3n) is 4.46. The number of carbonyl (C=O) groups excluding carboxylic acids is 1. The molecule has 1 amide bonds. The average molecular weight is 395 g/mol. The number of imidazole rings is 1. The van der Waals surface area contributed by atoms with Crippen LogP contribution in [0.3, 0.4) is 0 Å². The molecule has 4 rings (SSSR count). The van der Waals surface area contributed by atoms with E-state index in [-0.39, 0.29) is 24.3 Å². The zero-order chi connectivity index (χ0) is 19.5. The second kappa shape index (κ2) is 7.93. The Bertz CT molecular complexity index is 1030. The predicted molar refractivity (Wildman–Crippen MR) is 108 cm³/mol. The van der Waals surface area contributed by atoms with Crippen molar-refractivity contribution in [1.29, 1.82) is 0 Å². The third kappa shape index (κ3) is 3.96. The summed E-state index contributed by atoms with van der Waals surface area (Å²) in [5.74, 6) is 1.91. The number of thiophene rings is 1. The zero-order valence-electron chi connectivity index (χ0n) is 15.7. The Labute approximate surface area is 166 Å². The molecule has 4 aromatic rings. The molecule has 0 radical (unpaired) electrons. The van der Waals surface area contributed by atoms with Crippen LogP contribution >= 0.6 is 11.3 Å². The summed E-state index contributed by atoms with van der Waals surface area (Å²) < 4.78 is 5.26. The number of benzene rings is 1. The molecule has 3 aromatic heterocycles. The highest BCUT2D eigenvalue weighted by molar-refractivity contribution is 7.13. The Morgan fingerprint density at radius 2 is 2.07 bits per heavy atom. The van der Waals surface area contributed by atoms with Gasteiger partial charge in [-0.3, -0.25) is 4.79 Å². The monoisotopic (exact) mass is 395 g/mol. The normalized spacial score (nSPS) is 12.5. The van der Waals surface area contributed by atoms with Crippen molar-refractivity contribution in [2.45, 2.75) is 32.7 Å². The molecule has 7 nitrogen and oxygen atoms in total. The number of aromatic amines is 1. The molecule has 0 spiro atoms. The van der Waals surface area contributed by atoms with Crippen molar-refractivity contribution in [3.63, 3.8) is 0 Å². The van der Waals surface area contributed by atoms with E-state index in [2.05, 4.69) is 39.3 Å². The van der Waals surface area contributed by atoms with Gasteiger partial charge in [-0.2, -0.15) is 4.98 Å². The number of aryl methyl sites for hydroxylation is 1. The number of para-hydroxylation sites is 2. The first-order valence-electron chi connectivity index (χ1n) is 9.20. The van der Waals surface area contributed by atoms with Gasteiger partial charge in [0.25, 0.3) is 0 Å². The molecule has 0 saturated heterocycles. The summed E-state index contributed by atoms with van der Waals surface area (Å²) in [5, 5.41) is 9.01. The van der Waals surface area contributed by atoms with Gasteiger partial charge in [0.05, 0.1) is 22.0 Å². The fraction of sp³-hybridized carbons (Fsp3) is 0.300. The molecule has 3 heterocycles. The molecule has 144 valence electrons. The molecule has 0 bridgehead atoms. The van der Waals surface area contributed by atoms with E-state index in [1.165, 1.54) is 0 Å². The van der Waals surface area contributed by atoms with Crippen LogP contribution in [0.1, 0.15) is 38.0 Å². The van der Waals surface area contributed by atoms with Crippen molar-refractivity contribution in [2.75, 3.05) is 0 Å². The second-order valence-corrected chi connectivity index (χ2v) is 7.87. The van der Waals surface area contributed by atoms with Gasteiger partial charge in [-0.05, 0) is 29.5 Å². The Morgan fingerprint density at radius 3 is 2.82 bits per heavy atom. The summed E-state index contributed by atoms with van der Waals surface area (Å²) in [6.45, 7) is 4.12. The van der Waals surface area contributed by atoms with Gasteiger partial charge in [-0.1, -0.05) is 37.2 Å². The van der Waals surface area contributed by atoms with E-state index in [1.54, 1.807) is 11.3 Å². The minimum absolute atomic E-state index is 0.0740. The van der Waals surface area contributed by atoms with Crippen molar-refractivity contribution < 1.29 is 9.32 Å². The number of nitrogens with one attached hydrogen (secondary N) is 2. The molecule has 0 aliphatic rings. The number of hydrogen-bond acceptors (Lipinski definition) is 6. The van der Waals surface area contributed by atoms with Crippen LogP contribution in [0, 0.1) is 5.92 Å². The lowest BCUT2D eigenvalue weighted by Gasteiger charge is -2.20. The lowest BCUT2D eigenvalue weighted by atomic mass is 10.0. The van der Waals surface area contributed by atoms with Gasteiger partial charge in [0.2, 0.25) is 17.6 Å². The molecule has 0 saturated carbocycles. The van der Waals surface area contributed by atoms with E-state index >= 15 is 0 Å². The molecule has 0 aliphatic carbocycles. The fourth-order valence-electron chi connectivity index (χ4n) is 3.00.